The Bertz CT molecular complexity index is 652. The monoisotopic (exact) mass is 562 g/mol. The van der Waals surface area contributed by atoms with Crippen LogP contribution >= 0.6 is 0 Å². The van der Waals surface area contributed by atoms with Gasteiger partial charge in [0.05, 0.1) is 91.3 Å². The summed E-state index contributed by atoms with van der Waals surface area (Å²) in [5, 5.41) is 10.6. The summed E-state index contributed by atoms with van der Waals surface area (Å²) in [5.41, 5.74) is -1.62. The minimum Gasteiger partial charge on any atom is -0.396 e. The highest BCUT2D eigenvalue weighted by molar-refractivity contribution is 4.85. The van der Waals surface area contributed by atoms with Crippen molar-refractivity contribution < 1.29 is 47.7 Å². The molecule has 0 amide bonds. The fourth-order valence-electron chi connectivity index (χ4n) is 4.39. The lowest BCUT2D eigenvalue weighted by Crippen LogP contribution is -2.50. The molecule has 3 heterocycles. The molecular weight excluding hydrogens is 508 g/mol. The summed E-state index contributed by atoms with van der Waals surface area (Å²) in [7, 11) is 0. The zero-order valence-corrected chi connectivity index (χ0v) is 25.8. The Kier molecular flexibility index (Phi) is 10.6. The third-order valence-corrected chi connectivity index (χ3v) is 7.52. The zero-order chi connectivity index (χ0) is 29.1. The van der Waals surface area contributed by atoms with Gasteiger partial charge in [-0.3, -0.25) is 0 Å². The number of rotatable bonds is 13. The Hall–Kier alpha value is -0.400. The Morgan fingerprint density at radius 2 is 0.718 bits per heavy atom. The van der Waals surface area contributed by atoms with Gasteiger partial charge < -0.3 is 47.7 Å². The standard InChI is InChI=1S/C29H54O10/c1-23(2)34-14-26(7,15-35-23)11-31-20-29(10-30,21-32-12-27(8)16-36-24(3,4)37-17-27)22-33-13-28(9)18-38-25(5,6)39-19-28/h30H,10-22H2,1-9H3. The largest absolute Gasteiger partial charge is 0.396 e. The molecule has 0 radical (unpaired) electrons. The van der Waals surface area contributed by atoms with E-state index in [0.717, 1.165) is 0 Å². The number of aliphatic hydroxyl groups is 1. The molecule has 0 unspecified atom stereocenters. The third kappa shape index (κ3) is 10.1. The maximum absolute atomic E-state index is 10.6. The van der Waals surface area contributed by atoms with E-state index >= 15 is 0 Å². The first kappa shape index (κ1) is 33.1. The van der Waals surface area contributed by atoms with Gasteiger partial charge in [0.25, 0.3) is 0 Å². The first-order valence-electron chi connectivity index (χ1n) is 14.1. The predicted molar refractivity (Wildman–Crippen MR) is 144 cm³/mol. The van der Waals surface area contributed by atoms with Crippen LogP contribution in [0.15, 0.2) is 0 Å². The van der Waals surface area contributed by atoms with Gasteiger partial charge in [-0.1, -0.05) is 20.8 Å². The van der Waals surface area contributed by atoms with Crippen LogP contribution in [0.3, 0.4) is 0 Å². The minimum atomic E-state index is -0.760. The van der Waals surface area contributed by atoms with E-state index in [9.17, 15) is 5.11 Å². The minimum absolute atomic E-state index is 0.156. The van der Waals surface area contributed by atoms with Crippen LogP contribution in [-0.2, 0) is 42.6 Å². The van der Waals surface area contributed by atoms with Crippen molar-refractivity contribution in [3.05, 3.63) is 0 Å². The second kappa shape index (κ2) is 12.5. The third-order valence-electron chi connectivity index (χ3n) is 7.52. The zero-order valence-electron chi connectivity index (χ0n) is 25.8. The van der Waals surface area contributed by atoms with Gasteiger partial charge in [-0.25, -0.2) is 0 Å². The van der Waals surface area contributed by atoms with Crippen LogP contribution in [-0.4, -0.2) is 108 Å². The molecule has 0 aromatic carbocycles. The molecule has 10 nitrogen and oxygen atoms in total. The summed E-state index contributed by atoms with van der Waals surface area (Å²) < 4.78 is 53.8. The highest BCUT2D eigenvalue weighted by Gasteiger charge is 2.42. The number of ether oxygens (including phenoxy) is 9. The average molecular weight is 563 g/mol. The average Bonchev–Trinajstić information content (AvgIpc) is 2.86. The van der Waals surface area contributed by atoms with Crippen LogP contribution in [0.5, 0.6) is 0 Å². The van der Waals surface area contributed by atoms with Gasteiger partial charge in [0.15, 0.2) is 17.4 Å². The highest BCUT2D eigenvalue weighted by atomic mass is 16.7. The summed E-state index contributed by atoms with van der Waals surface area (Å²) >= 11 is 0. The quantitative estimate of drug-likeness (QED) is 0.359. The van der Waals surface area contributed by atoms with E-state index in [4.69, 9.17) is 42.6 Å². The molecule has 0 aromatic heterocycles. The van der Waals surface area contributed by atoms with Gasteiger partial charge in [0, 0.05) is 16.2 Å². The Morgan fingerprint density at radius 3 is 0.923 bits per heavy atom. The van der Waals surface area contributed by atoms with Crippen LogP contribution in [0, 0.1) is 21.7 Å². The van der Waals surface area contributed by atoms with Gasteiger partial charge in [0.2, 0.25) is 0 Å². The molecule has 0 saturated carbocycles. The normalized spacial score (nSPS) is 27.2. The first-order chi connectivity index (χ1) is 17.9. The molecule has 0 spiro atoms. The van der Waals surface area contributed by atoms with E-state index in [1.807, 2.05) is 41.5 Å². The lowest BCUT2D eigenvalue weighted by atomic mass is 9.89. The van der Waals surface area contributed by atoms with Crippen LogP contribution in [0.25, 0.3) is 0 Å². The lowest BCUT2D eigenvalue weighted by Gasteiger charge is -2.43. The molecule has 3 saturated heterocycles. The van der Waals surface area contributed by atoms with Crippen LogP contribution in [0.1, 0.15) is 62.3 Å². The highest BCUT2D eigenvalue weighted by Crippen LogP contribution is 2.34. The molecule has 3 aliphatic heterocycles. The molecule has 3 fully saturated rings. The summed E-state index contributed by atoms with van der Waals surface area (Å²) in [6, 6.07) is 0. The maximum atomic E-state index is 10.6. The Balaban J connectivity index is 1.57. The number of hydrogen-bond donors (Lipinski definition) is 1. The maximum Gasteiger partial charge on any atom is 0.162 e. The van der Waals surface area contributed by atoms with Crippen molar-refractivity contribution in [1.82, 2.24) is 0 Å². The van der Waals surface area contributed by atoms with E-state index in [1.54, 1.807) is 0 Å². The van der Waals surface area contributed by atoms with Crippen molar-refractivity contribution in [2.24, 2.45) is 21.7 Å². The fourth-order valence-corrected chi connectivity index (χ4v) is 4.39. The molecule has 0 bridgehead atoms. The molecule has 0 aromatic rings. The Labute approximate surface area is 235 Å². The summed E-state index contributed by atoms with van der Waals surface area (Å²) in [5.74, 6) is -1.77. The van der Waals surface area contributed by atoms with E-state index < -0.39 is 22.8 Å². The van der Waals surface area contributed by atoms with E-state index in [-0.39, 0.29) is 42.7 Å². The summed E-state index contributed by atoms with van der Waals surface area (Å²) in [6.07, 6.45) is 0. The molecule has 3 rings (SSSR count). The molecule has 10 heteroatoms. The van der Waals surface area contributed by atoms with Crippen molar-refractivity contribution in [1.29, 1.82) is 0 Å². The molecule has 0 atom stereocenters. The van der Waals surface area contributed by atoms with Crippen molar-refractivity contribution in [3.63, 3.8) is 0 Å². The van der Waals surface area contributed by atoms with Gasteiger partial charge in [-0.2, -0.15) is 0 Å². The van der Waals surface area contributed by atoms with Gasteiger partial charge in [-0.15, -0.1) is 0 Å². The molecular formula is C29H54O10. The SMILES string of the molecule is CC1(COCC(CO)(COCC2(C)COC(C)(C)OC2)COCC2(C)COC(C)(C)OC2)COC(C)(C)OC1. The van der Waals surface area contributed by atoms with Crippen molar-refractivity contribution in [2.45, 2.75) is 79.7 Å². The number of aliphatic hydroxyl groups excluding tert-OH is 1. The van der Waals surface area contributed by atoms with E-state index in [0.29, 0.717) is 59.5 Å². The van der Waals surface area contributed by atoms with Gasteiger partial charge >= 0.3 is 0 Å². The molecule has 0 aliphatic carbocycles. The topological polar surface area (TPSA) is 103 Å². The van der Waals surface area contributed by atoms with Crippen molar-refractivity contribution in [2.75, 3.05) is 85.9 Å². The van der Waals surface area contributed by atoms with Crippen molar-refractivity contribution in [3.8, 4) is 0 Å². The van der Waals surface area contributed by atoms with Gasteiger partial charge in [-0.05, 0) is 41.5 Å². The molecule has 3 aliphatic rings. The van der Waals surface area contributed by atoms with Crippen LogP contribution in [0.2, 0.25) is 0 Å². The Morgan fingerprint density at radius 1 is 0.487 bits per heavy atom. The number of hydrogen-bond acceptors (Lipinski definition) is 10. The lowest BCUT2D eigenvalue weighted by molar-refractivity contribution is -0.293. The van der Waals surface area contributed by atoms with E-state index in [2.05, 4.69) is 20.8 Å². The second-order valence-electron chi connectivity index (χ2n) is 14.5. The molecule has 230 valence electrons. The molecule has 1 N–H and O–H groups in total. The van der Waals surface area contributed by atoms with Gasteiger partial charge in [0.1, 0.15) is 0 Å². The predicted octanol–water partition coefficient (Wildman–Crippen LogP) is 3.38. The first-order valence-corrected chi connectivity index (χ1v) is 14.1. The smallest absolute Gasteiger partial charge is 0.162 e. The fraction of sp³-hybridized carbons (Fsp3) is 1.00. The summed E-state index contributed by atoms with van der Waals surface area (Å²) in [6.45, 7) is 22.8. The van der Waals surface area contributed by atoms with E-state index in [1.165, 1.54) is 0 Å². The van der Waals surface area contributed by atoms with Crippen LogP contribution < -0.4 is 0 Å². The summed E-state index contributed by atoms with van der Waals surface area (Å²) in [4.78, 5) is 0. The van der Waals surface area contributed by atoms with Crippen LogP contribution in [0.4, 0.5) is 0 Å². The second-order valence-corrected chi connectivity index (χ2v) is 14.5. The molecule has 39 heavy (non-hydrogen) atoms. The van der Waals surface area contributed by atoms with Crippen molar-refractivity contribution >= 4 is 0 Å².